The number of rotatable bonds is 9. The zero-order valence-electron chi connectivity index (χ0n) is 15.8. The first kappa shape index (κ1) is 20.3. The molecule has 24 heavy (non-hydrogen) atoms. The summed E-state index contributed by atoms with van der Waals surface area (Å²) in [6.45, 7) is 10.8. The van der Waals surface area contributed by atoms with Crippen LogP contribution in [0.15, 0.2) is 18.2 Å². The molecular formula is C19H32N2O3. The van der Waals surface area contributed by atoms with E-state index in [1.165, 1.54) is 0 Å². The Morgan fingerprint density at radius 2 is 1.83 bits per heavy atom. The van der Waals surface area contributed by atoms with Crippen LogP contribution in [0.1, 0.15) is 52.6 Å². The summed E-state index contributed by atoms with van der Waals surface area (Å²) in [7, 11) is 1.62. The van der Waals surface area contributed by atoms with Crippen molar-refractivity contribution in [3.63, 3.8) is 0 Å². The third-order valence-electron chi connectivity index (χ3n) is 4.02. The standard InChI is InChI=1S/C19H32N2O3/c1-12(2)9-10-24-16-8-7-15(11-17(16)23-6)14(5)21-19(22)18(20)13(3)4/h7-8,11-14,18H,9-10,20H2,1-6H3,(H,21,22)/t14?,18-/m0/s1. The molecule has 5 heteroatoms. The fourth-order valence-electron chi connectivity index (χ4n) is 2.17. The molecule has 0 aliphatic heterocycles. The van der Waals surface area contributed by atoms with Gasteiger partial charge in [0.2, 0.25) is 5.91 Å². The Bertz CT molecular complexity index is 529. The lowest BCUT2D eigenvalue weighted by atomic mass is 10.0. The number of hydrogen-bond acceptors (Lipinski definition) is 4. The summed E-state index contributed by atoms with van der Waals surface area (Å²) in [6.07, 6.45) is 0.991. The monoisotopic (exact) mass is 336 g/mol. The fourth-order valence-corrected chi connectivity index (χ4v) is 2.17. The van der Waals surface area contributed by atoms with Crippen LogP contribution >= 0.6 is 0 Å². The molecule has 5 nitrogen and oxygen atoms in total. The molecule has 0 bridgehead atoms. The smallest absolute Gasteiger partial charge is 0.237 e. The summed E-state index contributed by atoms with van der Waals surface area (Å²) < 4.78 is 11.2. The molecule has 0 heterocycles. The molecule has 0 fully saturated rings. The van der Waals surface area contributed by atoms with Crippen LogP contribution in [-0.2, 0) is 4.79 Å². The first-order chi connectivity index (χ1) is 11.3. The molecule has 0 aliphatic carbocycles. The second-order valence-electron chi connectivity index (χ2n) is 6.94. The third-order valence-corrected chi connectivity index (χ3v) is 4.02. The molecule has 0 spiro atoms. The second kappa shape index (κ2) is 9.52. The van der Waals surface area contributed by atoms with Crippen molar-refractivity contribution < 1.29 is 14.3 Å². The molecule has 1 amide bonds. The zero-order chi connectivity index (χ0) is 18.3. The fraction of sp³-hybridized carbons (Fsp3) is 0.632. The van der Waals surface area contributed by atoms with Crippen molar-refractivity contribution in [1.29, 1.82) is 0 Å². The van der Waals surface area contributed by atoms with Gasteiger partial charge in [0.05, 0.1) is 25.8 Å². The van der Waals surface area contributed by atoms with Crippen LogP contribution in [-0.4, -0.2) is 25.7 Å². The quantitative estimate of drug-likeness (QED) is 0.726. The number of ether oxygens (including phenoxy) is 2. The van der Waals surface area contributed by atoms with E-state index < -0.39 is 6.04 Å². The molecule has 1 aromatic carbocycles. The number of nitrogens with one attached hydrogen (secondary N) is 1. The molecule has 0 saturated carbocycles. The van der Waals surface area contributed by atoms with E-state index >= 15 is 0 Å². The third kappa shape index (κ3) is 6.04. The zero-order valence-corrected chi connectivity index (χ0v) is 15.8. The second-order valence-corrected chi connectivity index (χ2v) is 6.94. The van der Waals surface area contributed by atoms with Crippen LogP contribution in [0.4, 0.5) is 0 Å². The van der Waals surface area contributed by atoms with Gasteiger partial charge in [-0.2, -0.15) is 0 Å². The topological polar surface area (TPSA) is 73.6 Å². The van der Waals surface area contributed by atoms with Crippen molar-refractivity contribution in [3.05, 3.63) is 23.8 Å². The molecule has 0 radical (unpaired) electrons. The number of carbonyl (C=O) groups is 1. The van der Waals surface area contributed by atoms with Gasteiger partial charge in [0.15, 0.2) is 11.5 Å². The summed E-state index contributed by atoms with van der Waals surface area (Å²) >= 11 is 0. The van der Waals surface area contributed by atoms with Gasteiger partial charge in [-0.15, -0.1) is 0 Å². The minimum Gasteiger partial charge on any atom is -0.493 e. The molecular weight excluding hydrogens is 304 g/mol. The highest BCUT2D eigenvalue weighted by atomic mass is 16.5. The van der Waals surface area contributed by atoms with Crippen molar-refractivity contribution in [1.82, 2.24) is 5.32 Å². The molecule has 0 saturated heterocycles. The van der Waals surface area contributed by atoms with Crippen LogP contribution in [0.2, 0.25) is 0 Å². The summed E-state index contributed by atoms with van der Waals surface area (Å²) in [5.74, 6) is 1.94. The Kier molecular flexibility index (Phi) is 8.05. The van der Waals surface area contributed by atoms with E-state index in [0.29, 0.717) is 18.3 Å². The Morgan fingerprint density at radius 1 is 1.17 bits per heavy atom. The van der Waals surface area contributed by atoms with Crippen LogP contribution in [0.3, 0.4) is 0 Å². The van der Waals surface area contributed by atoms with Gasteiger partial charge in [-0.25, -0.2) is 0 Å². The molecule has 3 N–H and O–H groups in total. The van der Waals surface area contributed by atoms with Gasteiger partial charge in [0.1, 0.15) is 0 Å². The average molecular weight is 336 g/mol. The Labute approximate surface area is 145 Å². The molecule has 0 aromatic heterocycles. The van der Waals surface area contributed by atoms with Gasteiger partial charge >= 0.3 is 0 Å². The van der Waals surface area contributed by atoms with Crippen molar-refractivity contribution in [2.45, 2.75) is 53.1 Å². The van der Waals surface area contributed by atoms with E-state index in [9.17, 15) is 4.79 Å². The van der Waals surface area contributed by atoms with Gasteiger partial charge < -0.3 is 20.5 Å². The van der Waals surface area contributed by atoms with Crippen LogP contribution in [0.5, 0.6) is 11.5 Å². The Balaban J connectivity index is 2.76. The van der Waals surface area contributed by atoms with Crippen LogP contribution < -0.4 is 20.5 Å². The molecule has 0 aliphatic rings. The minimum atomic E-state index is -0.506. The predicted octanol–water partition coefficient (Wildman–Crippen LogP) is 3.28. The number of nitrogens with two attached hydrogens (primary N) is 1. The van der Waals surface area contributed by atoms with Gasteiger partial charge in [-0.3, -0.25) is 4.79 Å². The maximum Gasteiger partial charge on any atom is 0.237 e. The maximum atomic E-state index is 12.1. The van der Waals surface area contributed by atoms with Gasteiger partial charge in [0, 0.05) is 0 Å². The summed E-state index contributed by atoms with van der Waals surface area (Å²) in [6, 6.07) is 5.07. The number of hydrogen-bond donors (Lipinski definition) is 2. The van der Waals surface area contributed by atoms with E-state index in [4.69, 9.17) is 15.2 Å². The lowest BCUT2D eigenvalue weighted by Gasteiger charge is -2.21. The number of amides is 1. The van der Waals surface area contributed by atoms with Gasteiger partial charge in [-0.1, -0.05) is 33.8 Å². The van der Waals surface area contributed by atoms with Gasteiger partial charge in [-0.05, 0) is 42.9 Å². The highest BCUT2D eigenvalue weighted by Gasteiger charge is 2.20. The average Bonchev–Trinajstić information content (AvgIpc) is 2.53. The van der Waals surface area contributed by atoms with E-state index in [2.05, 4.69) is 19.2 Å². The molecule has 1 aromatic rings. The molecule has 2 atom stereocenters. The van der Waals surface area contributed by atoms with E-state index in [0.717, 1.165) is 17.7 Å². The van der Waals surface area contributed by atoms with Crippen LogP contribution in [0.25, 0.3) is 0 Å². The van der Waals surface area contributed by atoms with E-state index in [1.807, 2.05) is 39.0 Å². The SMILES string of the molecule is COc1cc(C(C)NC(=O)[C@@H](N)C(C)C)ccc1OCCC(C)C. The first-order valence-corrected chi connectivity index (χ1v) is 8.63. The van der Waals surface area contributed by atoms with Gasteiger partial charge in [0.25, 0.3) is 0 Å². The highest BCUT2D eigenvalue weighted by Crippen LogP contribution is 2.30. The van der Waals surface area contributed by atoms with Crippen molar-refractivity contribution in [2.75, 3.05) is 13.7 Å². The van der Waals surface area contributed by atoms with E-state index in [1.54, 1.807) is 7.11 Å². The maximum absolute atomic E-state index is 12.1. The normalized spacial score (nSPS) is 13.7. The van der Waals surface area contributed by atoms with Crippen molar-refractivity contribution in [2.24, 2.45) is 17.6 Å². The highest BCUT2D eigenvalue weighted by molar-refractivity contribution is 5.82. The van der Waals surface area contributed by atoms with Crippen LogP contribution in [0, 0.1) is 11.8 Å². The Hall–Kier alpha value is -1.75. The number of benzene rings is 1. The number of methoxy groups -OCH3 is 1. The van der Waals surface area contributed by atoms with Crippen molar-refractivity contribution >= 4 is 5.91 Å². The predicted molar refractivity (Wildman–Crippen MR) is 97.3 cm³/mol. The lowest BCUT2D eigenvalue weighted by molar-refractivity contribution is -0.123. The lowest BCUT2D eigenvalue weighted by Crippen LogP contribution is -2.44. The first-order valence-electron chi connectivity index (χ1n) is 8.63. The number of carbonyl (C=O) groups excluding carboxylic acids is 1. The summed E-state index contributed by atoms with van der Waals surface area (Å²) in [5, 5.41) is 2.95. The molecule has 1 unspecified atom stereocenters. The summed E-state index contributed by atoms with van der Waals surface area (Å²) in [5.41, 5.74) is 6.84. The Morgan fingerprint density at radius 3 is 2.38 bits per heavy atom. The molecule has 136 valence electrons. The molecule has 1 rings (SSSR count). The largest absolute Gasteiger partial charge is 0.493 e. The van der Waals surface area contributed by atoms with E-state index in [-0.39, 0.29) is 17.9 Å². The minimum absolute atomic E-state index is 0.100. The van der Waals surface area contributed by atoms with Crippen molar-refractivity contribution in [3.8, 4) is 11.5 Å². The summed E-state index contributed by atoms with van der Waals surface area (Å²) in [4.78, 5) is 12.1.